The first kappa shape index (κ1) is 14.2. The van der Waals surface area contributed by atoms with Crippen molar-refractivity contribution < 1.29 is 9.53 Å². The van der Waals surface area contributed by atoms with Gasteiger partial charge >= 0.3 is 5.97 Å². The van der Waals surface area contributed by atoms with Gasteiger partial charge < -0.3 is 4.74 Å². The molecule has 0 atom stereocenters. The van der Waals surface area contributed by atoms with Gasteiger partial charge in [-0.2, -0.15) is 0 Å². The predicted octanol–water partition coefficient (Wildman–Crippen LogP) is 3.75. The fourth-order valence-electron chi connectivity index (χ4n) is 1.88. The molecule has 0 saturated carbocycles. The van der Waals surface area contributed by atoms with Crippen molar-refractivity contribution in [2.45, 2.75) is 33.1 Å². The van der Waals surface area contributed by atoms with E-state index in [1.54, 1.807) is 0 Å². The number of carbonyl (C=O) groups excluding carboxylic acids is 1. The SMILES string of the molecule is CCOC(=O)c1c(CC)cccc1CCCBr. The van der Waals surface area contributed by atoms with E-state index in [2.05, 4.69) is 22.9 Å². The molecule has 0 saturated heterocycles. The number of alkyl halides is 1. The van der Waals surface area contributed by atoms with Gasteiger partial charge in [0.2, 0.25) is 0 Å². The van der Waals surface area contributed by atoms with Gasteiger partial charge in [0.15, 0.2) is 0 Å². The first-order chi connectivity index (χ1) is 8.24. The summed E-state index contributed by atoms with van der Waals surface area (Å²) >= 11 is 3.42. The van der Waals surface area contributed by atoms with Gasteiger partial charge in [0.1, 0.15) is 0 Å². The highest BCUT2D eigenvalue weighted by atomic mass is 79.9. The van der Waals surface area contributed by atoms with Gasteiger partial charge in [-0.25, -0.2) is 4.79 Å². The average Bonchev–Trinajstić information content (AvgIpc) is 2.35. The lowest BCUT2D eigenvalue weighted by atomic mass is 9.96. The molecule has 0 aliphatic carbocycles. The Kier molecular flexibility index (Phi) is 6.27. The number of hydrogen-bond donors (Lipinski definition) is 0. The molecule has 0 fully saturated rings. The molecule has 0 radical (unpaired) electrons. The summed E-state index contributed by atoms with van der Waals surface area (Å²) in [7, 11) is 0. The largest absolute Gasteiger partial charge is 0.462 e. The van der Waals surface area contributed by atoms with E-state index in [-0.39, 0.29) is 5.97 Å². The standard InChI is InChI=1S/C14H19BrO2/c1-3-11-7-5-8-12(9-6-10-15)13(11)14(16)17-4-2/h5,7-8H,3-4,6,9-10H2,1-2H3. The van der Waals surface area contributed by atoms with Crippen molar-refractivity contribution >= 4 is 21.9 Å². The van der Waals surface area contributed by atoms with Crippen LogP contribution in [0.3, 0.4) is 0 Å². The van der Waals surface area contributed by atoms with Gasteiger partial charge in [0.05, 0.1) is 12.2 Å². The van der Waals surface area contributed by atoms with Crippen LogP contribution in [-0.2, 0) is 17.6 Å². The van der Waals surface area contributed by atoms with E-state index < -0.39 is 0 Å². The summed E-state index contributed by atoms with van der Waals surface area (Å²) in [4.78, 5) is 12.0. The smallest absolute Gasteiger partial charge is 0.338 e. The molecular formula is C14H19BrO2. The number of benzene rings is 1. The Bertz CT molecular complexity index is 374. The maximum Gasteiger partial charge on any atom is 0.338 e. The third-order valence-corrected chi connectivity index (χ3v) is 3.24. The molecule has 0 bridgehead atoms. The summed E-state index contributed by atoms with van der Waals surface area (Å²) in [5.74, 6) is -0.186. The first-order valence-electron chi connectivity index (χ1n) is 6.08. The van der Waals surface area contributed by atoms with Crippen LogP contribution in [0.1, 0.15) is 41.8 Å². The number of rotatable bonds is 6. The van der Waals surface area contributed by atoms with E-state index >= 15 is 0 Å². The van der Waals surface area contributed by atoms with Crippen LogP contribution in [0.5, 0.6) is 0 Å². The summed E-state index contributed by atoms with van der Waals surface area (Å²) in [6, 6.07) is 6.04. The number of ether oxygens (including phenoxy) is 1. The van der Waals surface area contributed by atoms with Gasteiger partial charge in [-0.1, -0.05) is 41.1 Å². The molecule has 2 nitrogen and oxygen atoms in total. The number of aryl methyl sites for hydroxylation is 2. The van der Waals surface area contributed by atoms with Crippen molar-refractivity contribution in [1.82, 2.24) is 0 Å². The van der Waals surface area contributed by atoms with Crippen LogP contribution < -0.4 is 0 Å². The molecule has 17 heavy (non-hydrogen) atoms. The Balaban J connectivity index is 3.06. The maximum absolute atomic E-state index is 12.0. The lowest BCUT2D eigenvalue weighted by Gasteiger charge is -2.12. The van der Waals surface area contributed by atoms with Crippen LogP contribution in [0.15, 0.2) is 18.2 Å². The molecule has 0 spiro atoms. The molecule has 1 aromatic rings. The molecule has 0 aliphatic heterocycles. The fourth-order valence-corrected chi connectivity index (χ4v) is 2.16. The Morgan fingerprint density at radius 2 is 2.00 bits per heavy atom. The minimum atomic E-state index is -0.186. The third kappa shape index (κ3) is 3.84. The van der Waals surface area contributed by atoms with Gasteiger partial charge in [0, 0.05) is 5.33 Å². The van der Waals surface area contributed by atoms with Crippen LogP contribution in [0, 0.1) is 0 Å². The van der Waals surface area contributed by atoms with Crippen LogP contribution in [0.25, 0.3) is 0 Å². The molecule has 0 unspecified atom stereocenters. The zero-order chi connectivity index (χ0) is 12.7. The highest BCUT2D eigenvalue weighted by Crippen LogP contribution is 2.19. The van der Waals surface area contributed by atoms with Gasteiger partial charge in [-0.3, -0.25) is 0 Å². The minimum Gasteiger partial charge on any atom is -0.462 e. The lowest BCUT2D eigenvalue weighted by molar-refractivity contribution is 0.0524. The molecule has 3 heteroatoms. The number of esters is 1. The van der Waals surface area contributed by atoms with E-state index in [1.165, 1.54) is 0 Å². The summed E-state index contributed by atoms with van der Waals surface area (Å²) in [6.45, 7) is 4.33. The second-order valence-corrected chi connectivity index (χ2v) is 4.61. The van der Waals surface area contributed by atoms with Gasteiger partial charge in [-0.05, 0) is 37.3 Å². The number of hydrogen-bond acceptors (Lipinski definition) is 2. The van der Waals surface area contributed by atoms with E-state index in [1.807, 2.05) is 25.1 Å². The summed E-state index contributed by atoms with van der Waals surface area (Å²) in [5.41, 5.74) is 2.95. The van der Waals surface area contributed by atoms with Gasteiger partial charge in [-0.15, -0.1) is 0 Å². The van der Waals surface area contributed by atoms with Crippen LogP contribution >= 0.6 is 15.9 Å². The number of halogens is 1. The highest BCUT2D eigenvalue weighted by Gasteiger charge is 2.15. The third-order valence-electron chi connectivity index (χ3n) is 2.68. The highest BCUT2D eigenvalue weighted by molar-refractivity contribution is 9.09. The average molecular weight is 299 g/mol. The fraction of sp³-hybridized carbons (Fsp3) is 0.500. The zero-order valence-corrected chi connectivity index (χ0v) is 12.0. The van der Waals surface area contributed by atoms with Crippen molar-refractivity contribution in [2.75, 3.05) is 11.9 Å². The summed E-state index contributed by atoms with van der Waals surface area (Å²) < 4.78 is 5.14. The molecule has 0 N–H and O–H groups in total. The van der Waals surface area contributed by atoms with E-state index in [9.17, 15) is 4.79 Å². The Morgan fingerprint density at radius 3 is 2.59 bits per heavy atom. The molecule has 1 aromatic carbocycles. The quantitative estimate of drug-likeness (QED) is 0.590. The minimum absolute atomic E-state index is 0.186. The van der Waals surface area contributed by atoms with Crippen LogP contribution in [0.4, 0.5) is 0 Å². The second-order valence-electron chi connectivity index (χ2n) is 3.82. The molecule has 0 amide bonds. The monoisotopic (exact) mass is 298 g/mol. The van der Waals surface area contributed by atoms with Crippen molar-refractivity contribution in [3.63, 3.8) is 0 Å². The molecule has 0 aromatic heterocycles. The van der Waals surface area contributed by atoms with E-state index in [0.717, 1.165) is 41.3 Å². The van der Waals surface area contributed by atoms with Crippen molar-refractivity contribution in [2.24, 2.45) is 0 Å². The first-order valence-corrected chi connectivity index (χ1v) is 7.20. The Labute approximate surface area is 111 Å². The topological polar surface area (TPSA) is 26.3 Å². The normalized spacial score (nSPS) is 10.3. The Morgan fingerprint density at radius 1 is 1.29 bits per heavy atom. The van der Waals surface area contributed by atoms with Crippen LogP contribution in [-0.4, -0.2) is 17.9 Å². The molecule has 0 aliphatic rings. The Hall–Kier alpha value is -0.830. The van der Waals surface area contributed by atoms with Crippen molar-refractivity contribution in [1.29, 1.82) is 0 Å². The van der Waals surface area contributed by atoms with Crippen molar-refractivity contribution in [3.05, 3.63) is 34.9 Å². The lowest BCUT2D eigenvalue weighted by Crippen LogP contribution is -2.11. The van der Waals surface area contributed by atoms with E-state index in [0.29, 0.717) is 6.61 Å². The van der Waals surface area contributed by atoms with Crippen molar-refractivity contribution in [3.8, 4) is 0 Å². The molecular weight excluding hydrogens is 280 g/mol. The maximum atomic E-state index is 12.0. The number of carbonyl (C=O) groups is 1. The predicted molar refractivity (Wildman–Crippen MR) is 73.9 cm³/mol. The summed E-state index contributed by atoms with van der Waals surface area (Å²) in [5, 5.41) is 0.950. The molecule has 1 rings (SSSR count). The summed E-state index contributed by atoms with van der Waals surface area (Å²) in [6.07, 6.45) is 2.79. The second kappa shape index (κ2) is 7.49. The molecule has 94 valence electrons. The zero-order valence-electron chi connectivity index (χ0n) is 10.5. The van der Waals surface area contributed by atoms with E-state index in [4.69, 9.17) is 4.74 Å². The van der Waals surface area contributed by atoms with Crippen LogP contribution in [0.2, 0.25) is 0 Å². The molecule has 0 heterocycles. The van der Waals surface area contributed by atoms with Gasteiger partial charge in [0.25, 0.3) is 0 Å².